The Morgan fingerprint density at radius 3 is 2.58 bits per heavy atom. The van der Waals surface area contributed by atoms with Crippen LogP contribution in [0.15, 0.2) is 11.6 Å². The molecule has 60 valence electrons. The van der Waals surface area contributed by atoms with Crippen LogP contribution < -0.4 is 5.32 Å². The molecule has 1 rings (SSSR count). The lowest BCUT2D eigenvalue weighted by molar-refractivity contribution is -0.118. The fraction of sp³-hybridized carbons (Fsp3) is 0.375. The Balaban J connectivity index is 3.00. The van der Waals surface area contributed by atoms with E-state index in [1.54, 1.807) is 25.1 Å². The number of hydrogen-bond acceptors (Lipinski definition) is 3. The van der Waals surface area contributed by atoms with Gasteiger partial charge in [-0.25, -0.2) is 0 Å². The molecule has 1 aliphatic rings. The van der Waals surface area contributed by atoms with E-state index in [9.17, 15) is 4.79 Å². The minimum atomic E-state index is -1.35. The second kappa shape index (κ2) is 2.67. The quantitative estimate of drug-likeness (QED) is 0.552. The topological polar surface area (TPSA) is 76.7 Å². The maximum absolute atomic E-state index is 11.0. The third kappa shape index (κ3) is 1.15. The molecule has 1 N–H and O–H groups in total. The van der Waals surface area contributed by atoms with Gasteiger partial charge in [0.2, 0.25) is 11.4 Å². The molecule has 0 saturated carbocycles. The molecule has 0 aromatic rings. The van der Waals surface area contributed by atoms with Gasteiger partial charge in [-0.15, -0.1) is 0 Å². The first-order valence-corrected chi connectivity index (χ1v) is 3.45. The Labute approximate surface area is 70.1 Å². The molecule has 1 aliphatic heterocycles. The van der Waals surface area contributed by atoms with Crippen LogP contribution in [0.4, 0.5) is 0 Å². The van der Waals surface area contributed by atoms with Crippen LogP contribution in [0.25, 0.3) is 0 Å². The average Bonchev–Trinajstić information content (AvgIpc) is 2.10. The molecule has 4 heteroatoms. The summed E-state index contributed by atoms with van der Waals surface area (Å²) in [5.74, 6) is -0.343. The van der Waals surface area contributed by atoms with Crippen molar-refractivity contribution >= 4 is 5.91 Å². The number of nitrogens with zero attached hydrogens (tertiary/aromatic N) is 2. The molecule has 0 bridgehead atoms. The Morgan fingerprint density at radius 2 is 2.17 bits per heavy atom. The van der Waals surface area contributed by atoms with Crippen molar-refractivity contribution < 1.29 is 4.79 Å². The normalized spacial score (nSPS) is 19.9. The number of carbonyl (C=O) groups is 1. The largest absolute Gasteiger partial charge is 0.322 e. The summed E-state index contributed by atoms with van der Waals surface area (Å²) >= 11 is 0. The average molecular weight is 161 g/mol. The molecule has 0 radical (unpaired) electrons. The third-order valence-corrected chi connectivity index (χ3v) is 1.78. The molecule has 0 unspecified atom stereocenters. The van der Waals surface area contributed by atoms with Crippen molar-refractivity contribution in [3.8, 4) is 12.1 Å². The lowest BCUT2D eigenvalue weighted by Crippen LogP contribution is -2.48. The summed E-state index contributed by atoms with van der Waals surface area (Å²) in [5, 5.41) is 19.6. The summed E-state index contributed by atoms with van der Waals surface area (Å²) in [6.07, 6.45) is 1.86. The van der Waals surface area contributed by atoms with Gasteiger partial charge in [0, 0.05) is 12.0 Å². The van der Waals surface area contributed by atoms with Crippen molar-refractivity contribution in [1.29, 1.82) is 10.5 Å². The van der Waals surface area contributed by atoms with Gasteiger partial charge in [-0.1, -0.05) is 6.08 Å². The standard InChI is InChI=1S/C8H7N3O/c1-6-2-3-8(4-9,5-10)11-7(6)12/h2H,3H2,1H3,(H,11,12). The maximum Gasteiger partial charge on any atom is 0.248 e. The number of hydrogen-bond donors (Lipinski definition) is 1. The van der Waals surface area contributed by atoms with Crippen LogP contribution in [-0.4, -0.2) is 11.4 Å². The Kier molecular flexibility index (Phi) is 1.85. The summed E-state index contributed by atoms with van der Waals surface area (Å²) in [5.41, 5.74) is -0.799. The van der Waals surface area contributed by atoms with Crippen LogP contribution in [0.1, 0.15) is 13.3 Å². The van der Waals surface area contributed by atoms with Gasteiger partial charge in [0.1, 0.15) is 12.1 Å². The van der Waals surface area contributed by atoms with E-state index < -0.39 is 5.54 Å². The van der Waals surface area contributed by atoms with Crippen LogP contribution in [0.3, 0.4) is 0 Å². The van der Waals surface area contributed by atoms with Gasteiger partial charge >= 0.3 is 0 Å². The molecule has 0 spiro atoms. The predicted octanol–water partition coefficient (Wildman–Crippen LogP) is 0.239. The highest BCUT2D eigenvalue weighted by Gasteiger charge is 2.34. The van der Waals surface area contributed by atoms with Gasteiger partial charge in [0.25, 0.3) is 0 Å². The summed E-state index contributed by atoms with van der Waals surface area (Å²) in [6.45, 7) is 1.65. The van der Waals surface area contributed by atoms with Crippen LogP contribution in [0, 0.1) is 22.7 Å². The Morgan fingerprint density at radius 1 is 1.58 bits per heavy atom. The maximum atomic E-state index is 11.0. The van der Waals surface area contributed by atoms with Gasteiger partial charge in [0.15, 0.2) is 0 Å². The molecule has 0 fully saturated rings. The van der Waals surface area contributed by atoms with Crippen molar-refractivity contribution in [1.82, 2.24) is 5.32 Å². The second-order valence-electron chi connectivity index (χ2n) is 2.67. The van der Waals surface area contributed by atoms with Crippen molar-refractivity contribution in [2.24, 2.45) is 0 Å². The van der Waals surface area contributed by atoms with E-state index in [1.807, 2.05) is 0 Å². The van der Waals surface area contributed by atoms with Crippen molar-refractivity contribution in [3.05, 3.63) is 11.6 Å². The van der Waals surface area contributed by atoms with Gasteiger partial charge < -0.3 is 5.32 Å². The zero-order chi connectivity index (χ0) is 9.19. The number of rotatable bonds is 0. The monoisotopic (exact) mass is 161 g/mol. The highest BCUT2D eigenvalue weighted by atomic mass is 16.1. The van der Waals surface area contributed by atoms with Crippen LogP contribution in [0.5, 0.6) is 0 Å². The van der Waals surface area contributed by atoms with Crippen LogP contribution in [-0.2, 0) is 4.79 Å². The molecule has 0 aliphatic carbocycles. The van der Waals surface area contributed by atoms with Crippen LogP contribution >= 0.6 is 0 Å². The lowest BCUT2D eigenvalue weighted by Gasteiger charge is -2.22. The zero-order valence-corrected chi connectivity index (χ0v) is 6.59. The molecule has 12 heavy (non-hydrogen) atoms. The lowest BCUT2D eigenvalue weighted by atomic mass is 9.93. The smallest absolute Gasteiger partial charge is 0.248 e. The zero-order valence-electron chi connectivity index (χ0n) is 6.59. The molecule has 0 atom stereocenters. The van der Waals surface area contributed by atoms with Crippen molar-refractivity contribution in [2.45, 2.75) is 18.9 Å². The fourth-order valence-corrected chi connectivity index (χ4v) is 0.914. The molecule has 1 heterocycles. The first-order chi connectivity index (χ1) is 5.63. The number of nitriles is 2. The van der Waals surface area contributed by atoms with Crippen molar-refractivity contribution in [2.75, 3.05) is 0 Å². The number of nitrogens with one attached hydrogen (secondary N) is 1. The Hall–Kier alpha value is -1.81. The molecular weight excluding hydrogens is 154 g/mol. The molecule has 1 amide bonds. The number of amides is 1. The molecule has 4 nitrogen and oxygen atoms in total. The number of carbonyl (C=O) groups excluding carboxylic acids is 1. The van der Waals surface area contributed by atoms with Crippen LogP contribution in [0.2, 0.25) is 0 Å². The first-order valence-electron chi connectivity index (χ1n) is 3.45. The minimum Gasteiger partial charge on any atom is -0.322 e. The predicted molar refractivity (Wildman–Crippen MR) is 40.5 cm³/mol. The van der Waals surface area contributed by atoms with E-state index in [0.717, 1.165) is 0 Å². The van der Waals surface area contributed by atoms with E-state index in [4.69, 9.17) is 10.5 Å². The van der Waals surface area contributed by atoms with Gasteiger partial charge in [-0.05, 0) is 6.92 Å². The summed E-state index contributed by atoms with van der Waals surface area (Å²) in [4.78, 5) is 11.0. The Bertz CT molecular complexity index is 315. The van der Waals surface area contributed by atoms with E-state index in [0.29, 0.717) is 5.57 Å². The second-order valence-corrected chi connectivity index (χ2v) is 2.67. The van der Waals surface area contributed by atoms with E-state index in [-0.39, 0.29) is 12.3 Å². The van der Waals surface area contributed by atoms with E-state index in [1.165, 1.54) is 0 Å². The van der Waals surface area contributed by atoms with Gasteiger partial charge in [0.05, 0.1) is 0 Å². The van der Waals surface area contributed by atoms with E-state index in [2.05, 4.69) is 5.32 Å². The highest BCUT2D eigenvalue weighted by Crippen LogP contribution is 2.16. The molecule has 0 saturated heterocycles. The summed E-state index contributed by atoms with van der Waals surface area (Å²) < 4.78 is 0. The molecule has 0 aromatic carbocycles. The van der Waals surface area contributed by atoms with Gasteiger partial charge in [-0.2, -0.15) is 10.5 Å². The highest BCUT2D eigenvalue weighted by molar-refractivity contribution is 5.95. The van der Waals surface area contributed by atoms with Gasteiger partial charge in [-0.3, -0.25) is 4.79 Å². The first kappa shape index (κ1) is 8.29. The molecule has 0 aromatic heterocycles. The summed E-state index contributed by atoms with van der Waals surface area (Å²) in [7, 11) is 0. The third-order valence-electron chi connectivity index (χ3n) is 1.78. The minimum absolute atomic E-state index is 0.261. The molecular formula is C8H7N3O. The summed E-state index contributed by atoms with van der Waals surface area (Å²) in [6, 6.07) is 3.56. The van der Waals surface area contributed by atoms with Crippen molar-refractivity contribution in [3.63, 3.8) is 0 Å². The fourth-order valence-electron chi connectivity index (χ4n) is 0.914. The SMILES string of the molecule is CC1=CCC(C#N)(C#N)NC1=O. The van der Waals surface area contributed by atoms with E-state index >= 15 is 0 Å².